The van der Waals surface area contributed by atoms with Crippen LogP contribution < -0.4 is 5.73 Å². The van der Waals surface area contributed by atoms with Crippen molar-refractivity contribution in [1.29, 1.82) is 5.26 Å². The van der Waals surface area contributed by atoms with E-state index in [0.717, 1.165) is 6.07 Å². The lowest BCUT2D eigenvalue weighted by molar-refractivity contribution is 0.0472. The molecule has 0 saturated carbocycles. The van der Waals surface area contributed by atoms with Crippen molar-refractivity contribution in [3.63, 3.8) is 0 Å². The van der Waals surface area contributed by atoms with Gasteiger partial charge in [-0.05, 0) is 24.3 Å². The van der Waals surface area contributed by atoms with Gasteiger partial charge in [0.25, 0.3) is 0 Å². The van der Waals surface area contributed by atoms with Gasteiger partial charge in [-0.1, -0.05) is 6.07 Å². The molecule has 5 nitrogen and oxygen atoms in total. The Morgan fingerprint density at radius 1 is 1.45 bits per heavy atom. The Balaban J connectivity index is 2.09. The number of ether oxygens (including phenoxy) is 1. The molecule has 1 heterocycles. The summed E-state index contributed by atoms with van der Waals surface area (Å²) in [6, 6.07) is 8.75. The molecule has 0 saturated heterocycles. The topological polar surface area (TPSA) is 89.0 Å². The number of hydrogen-bond donors (Lipinski definition) is 1. The first kappa shape index (κ1) is 13.5. The maximum Gasteiger partial charge on any atom is 0.338 e. The second-order valence-electron chi connectivity index (χ2n) is 3.94. The van der Waals surface area contributed by atoms with Gasteiger partial charge >= 0.3 is 5.97 Å². The Morgan fingerprint density at radius 3 is 2.95 bits per heavy atom. The van der Waals surface area contributed by atoms with E-state index in [2.05, 4.69) is 4.98 Å². The molecular weight excluding hydrogens is 261 g/mol. The summed E-state index contributed by atoms with van der Waals surface area (Å²) >= 11 is 0. The number of anilines is 1. The van der Waals surface area contributed by atoms with Crippen LogP contribution in [0.1, 0.15) is 21.6 Å². The zero-order chi connectivity index (χ0) is 14.5. The molecule has 6 heteroatoms. The van der Waals surface area contributed by atoms with E-state index >= 15 is 0 Å². The minimum atomic E-state index is -0.649. The quantitative estimate of drug-likeness (QED) is 0.681. The zero-order valence-electron chi connectivity index (χ0n) is 10.3. The summed E-state index contributed by atoms with van der Waals surface area (Å²) in [4.78, 5) is 15.6. The van der Waals surface area contributed by atoms with Gasteiger partial charge in [-0.15, -0.1) is 0 Å². The smallest absolute Gasteiger partial charge is 0.338 e. The van der Waals surface area contributed by atoms with E-state index < -0.39 is 11.8 Å². The summed E-state index contributed by atoms with van der Waals surface area (Å²) < 4.78 is 18.0. The standard InChI is InChI=1S/C14H10FN3O2/c15-11-4-3-9(6-12(11)17)14(19)20-8-10-2-1-5-18-13(10)7-16/h1-6H,8,17H2. The first-order chi connectivity index (χ1) is 9.61. The van der Waals surface area contributed by atoms with E-state index in [-0.39, 0.29) is 23.6 Å². The lowest BCUT2D eigenvalue weighted by Crippen LogP contribution is -2.07. The van der Waals surface area contributed by atoms with Crippen LogP contribution >= 0.6 is 0 Å². The van der Waals surface area contributed by atoms with Crippen LogP contribution in [-0.4, -0.2) is 11.0 Å². The SMILES string of the molecule is N#Cc1ncccc1COC(=O)c1ccc(F)c(N)c1. The van der Waals surface area contributed by atoms with Crippen LogP contribution in [0.4, 0.5) is 10.1 Å². The van der Waals surface area contributed by atoms with Gasteiger partial charge in [-0.3, -0.25) is 0 Å². The molecule has 2 N–H and O–H groups in total. The molecule has 0 bridgehead atoms. The highest BCUT2D eigenvalue weighted by molar-refractivity contribution is 5.90. The molecular formula is C14H10FN3O2. The van der Waals surface area contributed by atoms with Gasteiger partial charge in [0.05, 0.1) is 11.3 Å². The highest BCUT2D eigenvalue weighted by Gasteiger charge is 2.11. The summed E-state index contributed by atoms with van der Waals surface area (Å²) in [7, 11) is 0. The number of halogens is 1. The highest BCUT2D eigenvalue weighted by atomic mass is 19.1. The number of nitrogens with zero attached hydrogens (tertiary/aromatic N) is 2. The maximum absolute atomic E-state index is 13.0. The molecule has 1 aromatic carbocycles. The van der Waals surface area contributed by atoms with Crippen LogP contribution in [0.5, 0.6) is 0 Å². The maximum atomic E-state index is 13.0. The van der Waals surface area contributed by atoms with Gasteiger partial charge in [-0.25, -0.2) is 14.2 Å². The number of nitriles is 1. The molecule has 2 aromatic rings. The van der Waals surface area contributed by atoms with E-state index in [1.807, 2.05) is 6.07 Å². The zero-order valence-corrected chi connectivity index (χ0v) is 10.3. The summed E-state index contributed by atoms with van der Waals surface area (Å²) in [6.45, 7) is -0.0904. The van der Waals surface area contributed by atoms with Crippen molar-refractivity contribution in [3.05, 3.63) is 59.2 Å². The van der Waals surface area contributed by atoms with E-state index in [0.29, 0.717) is 5.56 Å². The number of carbonyl (C=O) groups is 1. The number of esters is 1. The molecule has 0 aliphatic heterocycles. The largest absolute Gasteiger partial charge is 0.457 e. The molecule has 1 aromatic heterocycles. The Hall–Kier alpha value is -2.94. The van der Waals surface area contributed by atoms with Gasteiger partial charge in [-0.2, -0.15) is 5.26 Å². The van der Waals surface area contributed by atoms with Gasteiger partial charge in [0.15, 0.2) is 0 Å². The number of benzene rings is 1. The van der Waals surface area contributed by atoms with Crippen molar-refractivity contribution in [2.75, 3.05) is 5.73 Å². The molecule has 0 aliphatic rings. The van der Waals surface area contributed by atoms with Crippen molar-refractivity contribution < 1.29 is 13.9 Å². The third-order valence-corrected chi connectivity index (χ3v) is 2.59. The summed E-state index contributed by atoms with van der Waals surface area (Å²) in [5.41, 5.74) is 6.09. The number of rotatable bonds is 3. The minimum Gasteiger partial charge on any atom is -0.457 e. The molecule has 20 heavy (non-hydrogen) atoms. The predicted octanol–water partition coefficient (Wildman–Crippen LogP) is 2.03. The normalized spacial score (nSPS) is 9.80. The fourth-order valence-corrected chi connectivity index (χ4v) is 1.55. The molecule has 0 fully saturated rings. The summed E-state index contributed by atoms with van der Waals surface area (Å²) in [6.07, 6.45) is 1.48. The number of hydrogen-bond acceptors (Lipinski definition) is 5. The second-order valence-corrected chi connectivity index (χ2v) is 3.94. The van der Waals surface area contributed by atoms with E-state index in [1.165, 1.54) is 18.3 Å². The van der Waals surface area contributed by atoms with Crippen LogP contribution in [0.2, 0.25) is 0 Å². The van der Waals surface area contributed by atoms with Crippen molar-refractivity contribution in [3.8, 4) is 6.07 Å². The van der Waals surface area contributed by atoms with Crippen LogP contribution in [0.3, 0.4) is 0 Å². The van der Waals surface area contributed by atoms with Gasteiger partial charge < -0.3 is 10.5 Å². The molecule has 0 atom stereocenters. The molecule has 0 radical (unpaired) electrons. The first-order valence-corrected chi connectivity index (χ1v) is 5.68. The number of carbonyl (C=O) groups excluding carboxylic acids is 1. The Bertz CT molecular complexity index is 695. The molecule has 0 aliphatic carbocycles. The van der Waals surface area contributed by atoms with E-state index in [9.17, 15) is 9.18 Å². The lowest BCUT2D eigenvalue weighted by atomic mass is 10.2. The molecule has 2 rings (SSSR count). The average Bonchev–Trinajstić information content (AvgIpc) is 2.47. The Morgan fingerprint density at radius 2 is 2.25 bits per heavy atom. The number of nitrogen functional groups attached to an aromatic ring is 1. The van der Waals surface area contributed by atoms with Crippen molar-refractivity contribution in [1.82, 2.24) is 4.98 Å². The molecule has 100 valence electrons. The van der Waals surface area contributed by atoms with Gasteiger partial charge in [0.1, 0.15) is 24.2 Å². The Kier molecular flexibility index (Phi) is 3.91. The third kappa shape index (κ3) is 2.90. The summed E-state index contributed by atoms with van der Waals surface area (Å²) in [5.74, 6) is -1.25. The van der Waals surface area contributed by atoms with Crippen molar-refractivity contribution in [2.24, 2.45) is 0 Å². The fraction of sp³-hybridized carbons (Fsp3) is 0.0714. The number of aromatic nitrogens is 1. The van der Waals surface area contributed by atoms with Crippen LogP contribution in [-0.2, 0) is 11.3 Å². The second kappa shape index (κ2) is 5.80. The van der Waals surface area contributed by atoms with Crippen molar-refractivity contribution in [2.45, 2.75) is 6.61 Å². The van der Waals surface area contributed by atoms with E-state index in [1.54, 1.807) is 12.1 Å². The highest BCUT2D eigenvalue weighted by Crippen LogP contribution is 2.14. The number of pyridine rings is 1. The summed E-state index contributed by atoms with van der Waals surface area (Å²) in [5, 5.41) is 8.86. The predicted molar refractivity (Wildman–Crippen MR) is 68.9 cm³/mol. The van der Waals surface area contributed by atoms with Crippen LogP contribution in [0.15, 0.2) is 36.5 Å². The minimum absolute atomic E-state index is 0.0904. The lowest BCUT2D eigenvalue weighted by Gasteiger charge is -2.06. The number of nitrogens with two attached hydrogens (primary N) is 1. The van der Waals surface area contributed by atoms with E-state index in [4.69, 9.17) is 15.7 Å². The fourth-order valence-electron chi connectivity index (χ4n) is 1.55. The Labute approximate surface area is 114 Å². The van der Waals surface area contributed by atoms with Gasteiger partial charge in [0, 0.05) is 11.8 Å². The van der Waals surface area contributed by atoms with Crippen molar-refractivity contribution >= 4 is 11.7 Å². The van der Waals surface area contributed by atoms with Crippen LogP contribution in [0.25, 0.3) is 0 Å². The van der Waals surface area contributed by atoms with Crippen LogP contribution in [0, 0.1) is 17.1 Å². The molecule has 0 amide bonds. The third-order valence-electron chi connectivity index (χ3n) is 2.59. The van der Waals surface area contributed by atoms with Gasteiger partial charge in [0.2, 0.25) is 0 Å². The monoisotopic (exact) mass is 271 g/mol. The average molecular weight is 271 g/mol. The first-order valence-electron chi connectivity index (χ1n) is 5.68. The molecule has 0 unspecified atom stereocenters. The molecule has 0 spiro atoms.